The molecule has 5 rings (SSSR count). The average molecular weight is 535 g/mol. The summed E-state index contributed by atoms with van der Waals surface area (Å²) in [6.45, 7) is 2.83. The number of sulfonamides is 1. The Morgan fingerprint density at radius 2 is 1.68 bits per heavy atom. The Kier molecular flexibility index (Phi) is 7.14. The van der Waals surface area contributed by atoms with E-state index in [9.17, 15) is 22.4 Å². The van der Waals surface area contributed by atoms with Gasteiger partial charge in [0, 0.05) is 29.6 Å². The third-order valence-electron chi connectivity index (χ3n) is 6.87. The molecule has 4 aromatic rings. The average Bonchev–Trinajstić information content (AvgIpc) is 3.30. The Morgan fingerprint density at radius 1 is 0.974 bits per heavy atom. The number of carbonyl (C=O) groups is 2. The first-order chi connectivity index (χ1) is 18.2. The van der Waals surface area contributed by atoms with E-state index in [4.69, 9.17) is 4.42 Å². The number of hydrogen-bond acceptors (Lipinski definition) is 6. The molecule has 1 aromatic heterocycles. The minimum atomic E-state index is -3.71. The number of halogens is 1. The molecule has 9 heteroatoms. The molecule has 0 aliphatic carbocycles. The van der Waals surface area contributed by atoms with Crippen molar-refractivity contribution in [3.63, 3.8) is 0 Å². The van der Waals surface area contributed by atoms with E-state index in [0.29, 0.717) is 35.7 Å². The SMILES string of the molecule is CC1CCN(S(=O)(=O)c2cccc(C(=O)CNc3c(C(=O)c4ccc(F)cc4)oc4ccccc34)c2)CC1. The summed E-state index contributed by atoms with van der Waals surface area (Å²) in [6.07, 6.45) is 1.61. The van der Waals surface area contributed by atoms with Gasteiger partial charge in [0.15, 0.2) is 11.5 Å². The maximum atomic E-state index is 13.4. The van der Waals surface area contributed by atoms with Gasteiger partial charge in [-0.25, -0.2) is 12.8 Å². The number of Topliss-reactive ketones (excluding diaryl/α,β-unsaturated/α-hetero) is 1. The second-order valence-corrected chi connectivity index (χ2v) is 11.5. The van der Waals surface area contributed by atoms with E-state index in [1.54, 1.807) is 36.4 Å². The van der Waals surface area contributed by atoms with Crippen LogP contribution >= 0.6 is 0 Å². The van der Waals surface area contributed by atoms with Crippen LogP contribution in [0.15, 0.2) is 82.1 Å². The number of piperidine rings is 1. The van der Waals surface area contributed by atoms with Gasteiger partial charge in [0.05, 0.1) is 17.1 Å². The zero-order chi connectivity index (χ0) is 26.9. The number of nitrogens with one attached hydrogen (secondary N) is 1. The summed E-state index contributed by atoms with van der Waals surface area (Å²) >= 11 is 0. The van der Waals surface area contributed by atoms with Crippen molar-refractivity contribution in [2.45, 2.75) is 24.7 Å². The van der Waals surface area contributed by atoms with Gasteiger partial charge < -0.3 is 9.73 Å². The minimum Gasteiger partial charge on any atom is -0.450 e. The highest BCUT2D eigenvalue weighted by molar-refractivity contribution is 7.89. The van der Waals surface area contributed by atoms with Crippen molar-refractivity contribution in [1.82, 2.24) is 4.31 Å². The van der Waals surface area contributed by atoms with Crippen molar-refractivity contribution in [2.24, 2.45) is 5.92 Å². The Morgan fingerprint density at radius 3 is 2.42 bits per heavy atom. The van der Waals surface area contributed by atoms with Gasteiger partial charge in [0.25, 0.3) is 0 Å². The molecule has 0 atom stereocenters. The van der Waals surface area contributed by atoms with Crippen LogP contribution in [-0.2, 0) is 10.0 Å². The van der Waals surface area contributed by atoms with Crippen LogP contribution in [0.5, 0.6) is 0 Å². The Labute approximate surface area is 220 Å². The van der Waals surface area contributed by atoms with E-state index in [0.717, 1.165) is 12.8 Å². The Hall–Kier alpha value is -3.82. The predicted molar refractivity (Wildman–Crippen MR) is 142 cm³/mol. The summed E-state index contributed by atoms with van der Waals surface area (Å²) in [5.41, 5.74) is 1.28. The van der Waals surface area contributed by atoms with Gasteiger partial charge in [0.1, 0.15) is 11.4 Å². The van der Waals surface area contributed by atoms with Crippen molar-refractivity contribution < 1.29 is 26.8 Å². The third-order valence-corrected chi connectivity index (χ3v) is 8.76. The molecular weight excluding hydrogens is 507 g/mol. The van der Waals surface area contributed by atoms with E-state index in [-0.39, 0.29) is 34.1 Å². The number of nitrogens with zero attached hydrogens (tertiary/aromatic N) is 1. The summed E-state index contributed by atoms with van der Waals surface area (Å²) in [7, 11) is -3.71. The van der Waals surface area contributed by atoms with Crippen LogP contribution in [0.3, 0.4) is 0 Å². The van der Waals surface area contributed by atoms with Crippen LogP contribution in [0.4, 0.5) is 10.1 Å². The molecule has 0 spiro atoms. The second-order valence-electron chi connectivity index (χ2n) is 9.53. The zero-order valence-electron chi connectivity index (χ0n) is 20.8. The van der Waals surface area contributed by atoms with Gasteiger partial charge in [-0.15, -0.1) is 0 Å². The molecule has 1 N–H and O–H groups in total. The number of carbonyl (C=O) groups excluding carboxylic acids is 2. The zero-order valence-corrected chi connectivity index (χ0v) is 21.6. The molecular formula is C29H27FN2O5S. The molecule has 1 fully saturated rings. The van der Waals surface area contributed by atoms with E-state index in [2.05, 4.69) is 12.2 Å². The molecule has 7 nitrogen and oxygen atoms in total. The van der Waals surface area contributed by atoms with Crippen molar-refractivity contribution in [3.05, 3.63) is 95.5 Å². The maximum Gasteiger partial charge on any atom is 0.243 e. The van der Waals surface area contributed by atoms with Crippen LogP contribution < -0.4 is 5.32 Å². The Bertz CT molecular complexity index is 1600. The molecule has 1 aliphatic heterocycles. The van der Waals surface area contributed by atoms with Gasteiger partial charge in [-0.1, -0.05) is 31.2 Å². The number of para-hydroxylation sites is 1. The normalized spacial score (nSPS) is 15.0. The number of furan rings is 1. The van der Waals surface area contributed by atoms with Gasteiger partial charge >= 0.3 is 0 Å². The predicted octanol–water partition coefficient (Wildman–Crippen LogP) is 5.52. The van der Waals surface area contributed by atoms with E-state index >= 15 is 0 Å². The molecule has 0 radical (unpaired) electrons. The van der Waals surface area contributed by atoms with Crippen molar-refractivity contribution >= 4 is 38.2 Å². The first kappa shape index (κ1) is 25.8. The van der Waals surface area contributed by atoms with Crippen molar-refractivity contribution in [3.8, 4) is 0 Å². The van der Waals surface area contributed by atoms with Gasteiger partial charge in [-0.3, -0.25) is 9.59 Å². The van der Waals surface area contributed by atoms with Crippen molar-refractivity contribution in [2.75, 3.05) is 25.0 Å². The van der Waals surface area contributed by atoms with E-state index < -0.39 is 21.6 Å². The first-order valence-electron chi connectivity index (χ1n) is 12.4. The molecule has 1 aliphatic rings. The quantitative estimate of drug-likeness (QED) is 0.299. The highest BCUT2D eigenvalue weighted by atomic mass is 32.2. The summed E-state index contributed by atoms with van der Waals surface area (Å²) in [5, 5.41) is 3.64. The van der Waals surface area contributed by atoms with Gasteiger partial charge in [-0.05, 0) is 67.3 Å². The van der Waals surface area contributed by atoms with E-state index in [1.807, 2.05) is 0 Å². The fraction of sp³-hybridized carbons (Fsp3) is 0.241. The first-order valence-corrected chi connectivity index (χ1v) is 13.9. The maximum absolute atomic E-state index is 13.4. The number of benzene rings is 3. The lowest BCUT2D eigenvalue weighted by Gasteiger charge is -2.29. The lowest BCUT2D eigenvalue weighted by Crippen LogP contribution is -2.37. The van der Waals surface area contributed by atoms with Crippen LogP contribution in [-0.4, -0.2) is 43.9 Å². The second kappa shape index (κ2) is 10.5. The molecule has 3 aromatic carbocycles. The van der Waals surface area contributed by atoms with Crippen molar-refractivity contribution in [1.29, 1.82) is 0 Å². The van der Waals surface area contributed by atoms with Crippen LogP contribution in [0.1, 0.15) is 46.2 Å². The fourth-order valence-electron chi connectivity index (χ4n) is 4.59. The topological polar surface area (TPSA) is 96.7 Å². The highest BCUT2D eigenvalue weighted by Gasteiger charge is 2.29. The molecule has 0 unspecified atom stereocenters. The van der Waals surface area contributed by atoms with E-state index in [1.165, 1.54) is 40.7 Å². The Balaban J connectivity index is 1.38. The standard InChI is InChI=1S/C29H27FN2O5S/c1-19-13-15-32(16-14-19)38(35,36)23-6-4-5-21(17-23)25(33)18-31-27-24-7-2-3-8-26(24)37-29(27)28(34)20-9-11-22(30)12-10-20/h2-12,17,19,31H,13-16,18H2,1H3. The lowest BCUT2D eigenvalue weighted by atomic mass is 10.0. The molecule has 2 heterocycles. The van der Waals surface area contributed by atoms with Gasteiger partial charge in [0.2, 0.25) is 15.8 Å². The minimum absolute atomic E-state index is 0.00117. The number of rotatable bonds is 8. The largest absolute Gasteiger partial charge is 0.450 e. The van der Waals surface area contributed by atoms with Crippen LogP contribution in [0.25, 0.3) is 11.0 Å². The number of anilines is 1. The highest BCUT2D eigenvalue weighted by Crippen LogP contribution is 2.32. The number of hydrogen-bond donors (Lipinski definition) is 1. The summed E-state index contributed by atoms with van der Waals surface area (Å²) in [5.74, 6) is -0.783. The summed E-state index contributed by atoms with van der Waals surface area (Å²) in [6, 6.07) is 18.2. The van der Waals surface area contributed by atoms with Crippen LogP contribution in [0.2, 0.25) is 0 Å². The molecule has 38 heavy (non-hydrogen) atoms. The lowest BCUT2D eigenvalue weighted by molar-refractivity contribution is 0.0997. The molecule has 196 valence electrons. The third kappa shape index (κ3) is 5.12. The monoisotopic (exact) mass is 534 g/mol. The molecule has 0 saturated carbocycles. The number of ketones is 2. The van der Waals surface area contributed by atoms with Gasteiger partial charge in [-0.2, -0.15) is 4.31 Å². The smallest absolute Gasteiger partial charge is 0.243 e. The number of fused-ring (bicyclic) bond motifs is 1. The fourth-order valence-corrected chi connectivity index (χ4v) is 6.10. The summed E-state index contributed by atoms with van der Waals surface area (Å²) in [4.78, 5) is 26.4. The molecule has 0 bridgehead atoms. The van der Waals surface area contributed by atoms with Crippen LogP contribution in [0, 0.1) is 11.7 Å². The molecule has 0 amide bonds. The summed E-state index contributed by atoms with van der Waals surface area (Å²) < 4.78 is 47.0. The molecule has 1 saturated heterocycles.